The van der Waals surface area contributed by atoms with Gasteiger partial charge in [0.15, 0.2) is 0 Å². The van der Waals surface area contributed by atoms with Gasteiger partial charge in [-0.15, -0.1) is 0 Å². The van der Waals surface area contributed by atoms with Gasteiger partial charge in [0.05, 0.1) is 12.1 Å². The minimum Gasteiger partial charge on any atom is -0.357 e. The van der Waals surface area contributed by atoms with E-state index in [4.69, 9.17) is 4.74 Å². The van der Waals surface area contributed by atoms with Crippen molar-refractivity contribution in [1.29, 1.82) is 0 Å². The van der Waals surface area contributed by atoms with E-state index in [1.807, 2.05) is 23.1 Å². The first-order valence-electron chi connectivity index (χ1n) is 7.96. The van der Waals surface area contributed by atoms with Gasteiger partial charge in [-0.05, 0) is 44.3 Å². The highest BCUT2D eigenvalue weighted by atomic mass is 16.5. The summed E-state index contributed by atoms with van der Waals surface area (Å²) in [6, 6.07) is 10.3. The molecule has 2 aliphatic heterocycles. The van der Waals surface area contributed by atoms with Crippen LogP contribution in [-0.2, 0) is 16.1 Å². The van der Waals surface area contributed by atoms with E-state index >= 15 is 0 Å². The Morgan fingerprint density at radius 1 is 1.10 bits per heavy atom. The first-order chi connectivity index (χ1) is 10.2. The van der Waals surface area contributed by atoms with Crippen LogP contribution in [-0.4, -0.2) is 41.6 Å². The topological polar surface area (TPSA) is 41.6 Å². The molecule has 2 saturated heterocycles. The summed E-state index contributed by atoms with van der Waals surface area (Å²) in [5.41, 5.74) is 0.599. The molecule has 2 heterocycles. The third-order valence-corrected chi connectivity index (χ3v) is 5.00. The molecule has 4 rings (SSSR count). The smallest absolute Gasteiger partial charge is 0.255 e. The lowest BCUT2D eigenvalue weighted by Gasteiger charge is -2.48. The zero-order chi connectivity index (χ0) is 14.3. The second-order valence-electron chi connectivity index (χ2n) is 6.68. The van der Waals surface area contributed by atoms with E-state index in [-0.39, 0.29) is 11.5 Å². The summed E-state index contributed by atoms with van der Waals surface area (Å²) in [7, 11) is 0. The molecule has 3 aliphatic rings. The molecule has 0 radical (unpaired) electrons. The Hall–Kier alpha value is -1.39. The molecular formula is C17H22N2O2. The first-order valence-corrected chi connectivity index (χ1v) is 7.96. The van der Waals surface area contributed by atoms with Crippen molar-refractivity contribution >= 4 is 5.91 Å². The minimum atomic E-state index is -0.482. The average molecular weight is 286 g/mol. The highest BCUT2D eigenvalue weighted by molar-refractivity contribution is 5.89. The Morgan fingerprint density at radius 2 is 1.81 bits per heavy atom. The summed E-state index contributed by atoms with van der Waals surface area (Å²) in [5.74, 6) is 0.204. The molecule has 1 N–H and O–H groups in total. The van der Waals surface area contributed by atoms with E-state index in [0.717, 1.165) is 45.3 Å². The van der Waals surface area contributed by atoms with Crippen molar-refractivity contribution in [2.45, 2.75) is 43.4 Å². The van der Waals surface area contributed by atoms with Crippen LogP contribution in [0.15, 0.2) is 30.3 Å². The number of nitrogens with zero attached hydrogens (tertiary/aromatic N) is 1. The van der Waals surface area contributed by atoms with E-state index in [2.05, 4.69) is 17.4 Å². The molecule has 21 heavy (non-hydrogen) atoms. The molecule has 0 unspecified atom stereocenters. The van der Waals surface area contributed by atoms with Crippen molar-refractivity contribution in [3.63, 3.8) is 0 Å². The van der Waals surface area contributed by atoms with Crippen LogP contribution in [0.2, 0.25) is 0 Å². The Balaban J connectivity index is 1.58. The zero-order valence-electron chi connectivity index (χ0n) is 12.3. The molecule has 112 valence electrons. The standard InChI is InChI=1S/C17H22N2O2/c20-15-17(6-7-17)21-16(8-10-18-11-9-16)13-19(15)12-14-4-2-1-3-5-14/h1-5,18H,6-13H2. The van der Waals surface area contributed by atoms with Crippen LogP contribution in [0, 0.1) is 0 Å². The minimum absolute atomic E-state index is 0.121. The lowest BCUT2D eigenvalue weighted by atomic mass is 9.88. The summed E-state index contributed by atoms with van der Waals surface area (Å²) < 4.78 is 6.36. The van der Waals surface area contributed by atoms with Crippen molar-refractivity contribution in [2.24, 2.45) is 0 Å². The quantitative estimate of drug-likeness (QED) is 0.900. The number of hydrogen-bond acceptors (Lipinski definition) is 3. The number of piperidine rings is 1. The maximum atomic E-state index is 12.7. The molecule has 1 aromatic carbocycles. The van der Waals surface area contributed by atoms with E-state index in [9.17, 15) is 4.79 Å². The number of ether oxygens (including phenoxy) is 1. The molecular weight excluding hydrogens is 264 g/mol. The van der Waals surface area contributed by atoms with Crippen LogP contribution in [0.3, 0.4) is 0 Å². The molecule has 4 heteroatoms. The lowest BCUT2D eigenvalue weighted by Crippen LogP contribution is -2.62. The van der Waals surface area contributed by atoms with Crippen LogP contribution in [0.4, 0.5) is 0 Å². The summed E-state index contributed by atoms with van der Waals surface area (Å²) in [6.07, 6.45) is 3.80. The Labute approximate surface area is 125 Å². The molecule has 1 amide bonds. The van der Waals surface area contributed by atoms with Gasteiger partial charge in [0.1, 0.15) is 5.60 Å². The van der Waals surface area contributed by atoms with Crippen molar-refractivity contribution in [2.75, 3.05) is 19.6 Å². The highest BCUT2D eigenvalue weighted by Gasteiger charge is 2.61. The van der Waals surface area contributed by atoms with Crippen LogP contribution < -0.4 is 5.32 Å². The van der Waals surface area contributed by atoms with Crippen molar-refractivity contribution < 1.29 is 9.53 Å². The summed E-state index contributed by atoms with van der Waals surface area (Å²) in [4.78, 5) is 14.8. The van der Waals surface area contributed by atoms with E-state index in [1.54, 1.807) is 0 Å². The molecule has 0 bridgehead atoms. The fourth-order valence-corrected chi connectivity index (χ4v) is 3.70. The third kappa shape index (κ3) is 2.36. The van der Waals surface area contributed by atoms with E-state index < -0.39 is 5.60 Å². The van der Waals surface area contributed by atoms with Gasteiger partial charge in [0.2, 0.25) is 0 Å². The van der Waals surface area contributed by atoms with Gasteiger partial charge in [-0.2, -0.15) is 0 Å². The van der Waals surface area contributed by atoms with Crippen LogP contribution in [0.5, 0.6) is 0 Å². The number of carbonyl (C=O) groups excluding carboxylic acids is 1. The number of benzene rings is 1. The van der Waals surface area contributed by atoms with Crippen molar-refractivity contribution in [1.82, 2.24) is 10.2 Å². The normalized spacial score (nSPS) is 26.3. The molecule has 3 fully saturated rings. The second kappa shape index (κ2) is 4.82. The summed E-state index contributed by atoms with van der Waals surface area (Å²) >= 11 is 0. The molecule has 1 aliphatic carbocycles. The maximum Gasteiger partial charge on any atom is 0.255 e. The van der Waals surface area contributed by atoms with Gasteiger partial charge >= 0.3 is 0 Å². The Morgan fingerprint density at radius 3 is 2.48 bits per heavy atom. The van der Waals surface area contributed by atoms with E-state index in [1.165, 1.54) is 5.56 Å². The van der Waals surface area contributed by atoms with Crippen molar-refractivity contribution in [3.05, 3.63) is 35.9 Å². The molecule has 1 saturated carbocycles. The second-order valence-corrected chi connectivity index (χ2v) is 6.68. The third-order valence-electron chi connectivity index (χ3n) is 5.00. The number of nitrogens with one attached hydrogen (secondary N) is 1. The van der Waals surface area contributed by atoms with Gasteiger partial charge in [0.25, 0.3) is 5.91 Å². The highest BCUT2D eigenvalue weighted by Crippen LogP contribution is 2.49. The number of carbonyl (C=O) groups is 1. The molecule has 1 aromatic rings. The van der Waals surface area contributed by atoms with E-state index in [0.29, 0.717) is 6.54 Å². The number of amides is 1. The monoisotopic (exact) mass is 286 g/mol. The van der Waals surface area contributed by atoms with Crippen LogP contribution in [0.25, 0.3) is 0 Å². The number of rotatable bonds is 2. The molecule has 0 aromatic heterocycles. The van der Waals surface area contributed by atoms with Crippen LogP contribution >= 0.6 is 0 Å². The summed E-state index contributed by atoms with van der Waals surface area (Å²) in [6.45, 7) is 3.43. The predicted molar refractivity (Wildman–Crippen MR) is 79.7 cm³/mol. The average Bonchev–Trinajstić information content (AvgIpc) is 3.27. The fraction of sp³-hybridized carbons (Fsp3) is 0.588. The SMILES string of the molecule is O=C1N(Cc2ccccc2)CC2(CCNCC2)OC12CC2. The zero-order valence-corrected chi connectivity index (χ0v) is 12.3. The van der Waals surface area contributed by atoms with Gasteiger partial charge in [-0.1, -0.05) is 30.3 Å². The number of hydrogen-bond donors (Lipinski definition) is 1. The van der Waals surface area contributed by atoms with Gasteiger partial charge in [-0.25, -0.2) is 0 Å². The molecule has 0 atom stereocenters. The van der Waals surface area contributed by atoms with Gasteiger partial charge < -0.3 is 15.0 Å². The first kappa shape index (κ1) is 13.3. The Kier molecular flexibility index (Phi) is 3.05. The summed E-state index contributed by atoms with van der Waals surface area (Å²) in [5, 5.41) is 3.40. The number of morpholine rings is 1. The lowest BCUT2D eigenvalue weighted by molar-refractivity contribution is -0.197. The largest absolute Gasteiger partial charge is 0.357 e. The predicted octanol–water partition coefficient (Wildman–Crippen LogP) is 1.70. The van der Waals surface area contributed by atoms with Gasteiger partial charge in [-0.3, -0.25) is 4.79 Å². The van der Waals surface area contributed by atoms with Gasteiger partial charge in [0, 0.05) is 6.54 Å². The van der Waals surface area contributed by atoms with Crippen molar-refractivity contribution in [3.8, 4) is 0 Å². The molecule has 2 spiro atoms. The maximum absolute atomic E-state index is 12.7. The molecule has 4 nitrogen and oxygen atoms in total. The fourth-order valence-electron chi connectivity index (χ4n) is 3.70. The van der Waals surface area contributed by atoms with Crippen LogP contribution in [0.1, 0.15) is 31.2 Å². The Bertz CT molecular complexity index is 533.